The van der Waals surface area contributed by atoms with Crippen LogP contribution in [0.2, 0.25) is 0 Å². The van der Waals surface area contributed by atoms with Gasteiger partial charge in [0.05, 0.1) is 16.7 Å². The molecule has 0 atom stereocenters. The number of fused-ring (bicyclic) bond motifs is 9. The van der Waals surface area contributed by atoms with E-state index in [1.54, 1.807) is 11.3 Å². The molecule has 0 N–H and O–H groups in total. The van der Waals surface area contributed by atoms with Crippen molar-refractivity contribution >= 4 is 85.6 Å². The predicted octanol–water partition coefficient (Wildman–Crippen LogP) is 17.1. The van der Waals surface area contributed by atoms with Crippen LogP contribution in [-0.4, -0.2) is 19.5 Å². The zero-order chi connectivity index (χ0) is 44.7. The third kappa shape index (κ3) is 6.17. The molecule has 0 aliphatic heterocycles. The molecule has 0 radical (unpaired) electrons. The van der Waals surface area contributed by atoms with Crippen molar-refractivity contribution in [2.24, 2.45) is 0 Å². The Hall–Kier alpha value is -8.77. The van der Waals surface area contributed by atoms with Gasteiger partial charge in [0, 0.05) is 58.6 Å². The van der Waals surface area contributed by atoms with E-state index in [4.69, 9.17) is 15.0 Å². The molecule has 3 aromatic heterocycles. The molecule has 0 fully saturated rings. The third-order valence-corrected chi connectivity index (χ3v) is 14.8. The van der Waals surface area contributed by atoms with Gasteiger partial charge < -0.3 is 4.57 Å². The zero-order valence-corrected chi connectivity index (χ0v) is 37.5. The normalized spacial score (nSPS) is 11.8. The lowest BCUT2D eigenvalue weighted by Gasteiger charge is -2.21. The van der Waals surface area contributed by atoms with Crippen molar-refractivity contribution in [1.29, 1.82) is 0 Å². The van der Waals surface area contributed by atoms with E-state index in [2.05, 4.69) is 217 Å². The van der Waals surface area contributed by atoms with Gasteiger partial charge in [-0.2, -0.15) is 0 Å². The highest BCUT2D eigenvalue weighted by molar-refractivity contribution is 7.26. The summed E-state index contributed by atoms with van der Waals surface area (Å²) < 4.78 is 4.90. The lowest BCUT2D eigenvalue weighted by Crippen LogP contribution is -2.04. The minimum atomic E-state index is 0.615. The first-order valence-electron chi connectivity index (χ1n) is 23.0. The molecule has 0 bridgehead atoms. The van der Waals surface area contributed by atoms with E-state index in [1.807, 2.05) is 18.2 Å². The minimum Gasteiger partial charge on any atom is -0.308 e. The maximum absolute atomic E-state index is 5.56. The molecule has 11 aromatic carbocycles. The smallest absolute Gasteiger partial charge is 0.165 e. The molecule has 5 heteroatoms. The van der Waals surface area contributed by atoms with Crippen molar-refractivity contribution in [3.8, 4) is 62.1 Å². The fourth-order valence-corrected chi connectivity index (χ4v) is 11.6. The van der Waals surface area contributed by atoms with E-state index in [1.165, 1.54) is 47.8 Å². The van der Waals surface area contributed by atoms with Gasteiger partial charge in [-0.25, -0.2) is 15.0 Å². The zero-order valence-electron chi connectivity index (χ0n) is 36.6. The van der Waals surface area contributed by atoms with Gasteiger partial charge in [0.15, 0.2) is 17.5 Å². The highest BCUT2D eigenvalue weighted by Gasteiger charge is 2.25. The fourth-order valence-electron chi connectivity index (χ4n) is 10.4. The monoisotopic (exact) mass is 882 g/mol. The highest BCUT2D eigenvalue weighted by atomic mass is 32.1. The van der Waals surface area contributed by atoms with Gasteiger partial charge >= 0.3 is 0 Å². The van der Waals surface area contributed by atoms with E-state index >= 15 is 0 Å². The van der Waals surface area contributed by atoms with Crippen molar-refractivity contribution in [1.82, 2.24) is 19.5 Å². The van der Waals surface area contributed by atoms with Gasteiger partial charge in [-0.05, 0) is 92.2 Å². The van der Waals surface area contributed by atoms with Crippen LogP contribution < -0.4 is 0 Å². The van der Waals surface area contributed by atoms with Crippen LogP contribution in [0.1, 0.15) is 0 Å². The average Bonchev–Trinajstić information content (AvgIpc) is 3.95. The van der Waals surface area contributed by atoms with Crippen LogP contribution in [-0.2, 0) is 0 Å². The Balaban J connectivity index is 1.14. The number of aromatic nitrogens is 4. The molecule has 0 spiro atoms. The third-order valence-electron chi connectivity index (χ3n) is 13.6. The number of para-hydroxylation sites is 1. The molecular weight excluding hydrogens is 845 g/mol. The van der Waals surface area contributed by atoms with Crippen LogP contribution in [0.3, 0.4) is 0 Å². The van der Waals surface area contributed by atoms with Crippen molar-refractivity contribution in [2.45, 2.75) is 0 Å². The van der Waals surface area contributed by atoms with Gasteiger partial charge in [0.25, 0.3) is 0 Å². The van der Waals surface area contributed by atoms with Crippen molar-refractivity contribution in [3.05, 3.63) is 231 Å². The summed E-state index contributed by atoms with van der Waals surface area (Å²) in [7, 11) is 0. The second-order valence-electron chi connectivity index (χ2n) is 17.5. The molecule has 0 aliphatic rings. The molecule has 14 rings (SSSR count). The molecule has 4 nitrogen and oxygen atoms in total. The number of hydrogen-bond acceptors (Lipinski definition) is 4. The maximum Gasteiger partial charge on any atom is 0.165 e. The first-order valence-corrected chi connectivity index (χ1v) is 23.8. The summed E-state index contributed by atoms with van der Waals surface area (Å²) in [6.07, 6.45) is 0. The van der Waals surface area contributed by atoms with Crippen molar-refractivity contribution in [3.63, 3.8) is 0 Å². The van der Waals surface area contributed by atoms with Crippen LogP contribution in [0, 0.1) is 0 Å². The van der Waals surface area contributed by atoms with E-state index in [9.17, 15) is 0 Å². The Morgan fingerprint density at radius 2 is 0.912 bits per heavy atom. The van der Waals surface area contributed by atoms with Gasteiger partial charge in [0.2, 0.25) is 0 Å². The van der Waals surface area contributed by atoms with Gasteiger partial charge in [-0.1, -0.05) is 182 Å². The Morgan fingerprint density at radius 1 is 0.294 bits per heavy atom. The summed E-state index contributed by atoms with van der Waals surface area (Å²) in [6.45, 7) is 0. The van der Waals surface area contributed by atoms with Crippen LogP contribution >= 0.6 is 11.3 Å². The van der Waals surface area contributed by atoms with Crippen LogP contribution in [0.15, 0.2) is 231 Å². The fraction of sp³-hybridized carbons (Fsp3) is 0. The average molecular weight is 883 g/mol. The molecule has 0 aliphatic carbocycles. The number of nitrogens with zero attached hydrogens (tertiary/aromatic N) is 4. The van der Waals surface area contributed by atoms with Gasteiger partial charge in [-0.15, -0.1) is 11.3 Å². The summed E-state index contributed by atoms with van der Waals surface area (Å²) >= 11 is 1.79. The Labute approximate surface area is 395 Å². The van der Waals surface area contributed by atoms with Crippen molar-refractivity contribution < 1.29 is 0 Å². The molecule has 0 saturated carbocycles. The van der Waals surface area contributed by atoms with Gasteiger partial charge in [0.1, 0.15) is 0 Å². The van der Waals surface area contributed by atoms with Crippen LogP contribution in [0.5, 0.6) is 0 Å². The summed E-state index contributed by atoms with van der Waals surface area (Å²) in [5, 5.41) is 11.8. The van der Waals surface area contributed by atoms with Gasteiger partial charge in [-0.3, -0.25) is 0 Å². The Morgan fingerprint density at radius 3 is 1.72 bits per heavy atom. The summed E-state index contributed by atoms with van der Waals surface area (Å²) in [5.41, 5.74) is 10.7. The standard InChI is InChI=1S/C63H38N4S/c1-3-16-39(17-4-1)45-32-33-49-53(35-45)55(63-65-61(41-19-5-2-6-20-41)64-62(66-63)51-27-15-26-50-48-25-12-14-29-58(48)68-60(50)51)38-52(46-31-30-40-18-7-8-21-42(40)34-46)59(49)67-56-28-13-11-24-47(56)54-36-43-22-9-10-23-44(43)37-57(54)67/h1-38H. The van der Waals surface area contributed by atoms with Crippen LogP contribution in [0.4, 0.5) is 0 Å². The topological polar surface area (TPSA) is 43.6 Å². The molecule has 0 amide bonds. The van der Waals surface area contributed by atoms with Crippen molar-refractivity contribution in [2.75, 3.05) is 0 Å². The SMILES string of the molecule is c1ccc(-c2ccc3c(-n4c5ccccc5c5cc6ccccc6cc54)c(-c4ccc5ccccc5c4)cc(-c4nc(-c5ccccc5)nc(-c5cccc6c5sc5ccccc56)n4)c3c2)cc1. The molecule has 316 valence electrons. The largest absolute Gasteiger partial charge is 0.308 e. The molecular formula is C63H38N4S. The summed E-state index contributed by atoms with van der Waals surface area (Å²) in [5.74, 6) is 1.88. The highest BCUT2D eigenvalue weighted by Crippen LogP contribution is 2.46. The quantitative estimate of drug-likeness (QED) is 0.167. The second-order valence-corrected chi connectivity index (χ2v) is 18.6. The van der Waals surface area contributed by atoms with E-state index in [0.29, 0.717) is 17.5 Å². The molecule has 3 heterocycles. The number of thiophene rings is 1. The Kier molecular flexibility index (Phi) is 8.73. The number of benzene rings is 11. The first-order chi connectivity index (χ1) is 33.7. The number of rotatable bonds is 6. The summed E-state index contributed by atoms with van der Waals surface area (Å²) in [6, 6.07) is 83.1. The molecule has 68 heavy (non-hydrogen) atoms. The van der Waals surface area contributed by atoms with Crippen LogP contribution in [0.25, 0.3) is 136 Å². The summed E-state index contributed by atoms with van der Waals surface area (Å²) in [4.78, 5) is 16.3. The number of hydrogen-bond donors (Lipinski definition) is 0. The minimum absolute atomic E-state index is 0.615. The van der Waals surface area contributed by atoms with E-state index < -0.39 is 0 Å². The van der Waals surface area contributed by atoms with E-state index in [-0.39, 0.29) is 0 Å². The second kappa shape index (κ2) is 15.4. The lowest BCUT2D eigenvalue weighted by molar-refractivity contribution is 1.08. The Bertz CT molecular complexity index is 4320. The molecule has 0 unspecified atom stereocenters. The maximum atomic E-state index is 5.56. The molecule has 14 aromatic rings. The van der Waals surface area contributed by atoms with E-state index in [0.717, 1.165) is 71.1 Å². The first kappa shape index (κ1) is 38.5. The molecule has 0 saturated heterocycles. The lowest BCUT2D eigenvalue weighted by atomic mass is 9.90. The predicted molar refractivity (Wildman–Crippen MR) is 287 cm³/mol.